The molecule has 6 N–H and O–H groups in total. The van der Waals surface area contributed by atoms with E-state index in [0.717, 1.165) is 45.8 Å². The Kier molecular flexibility index (Phi) is 7.77. The molecule has 1 atom stereocenters. The number of rotatable bonds is 1. The second-order valence-electron chi connectivity index (χ2n) is 3.94. The summed E-state index contributed by atoms with van der Waals surface area (Å²) in [6.45, 7) is 7.92. The molecule has 15 heavy (non-hydrogen) atoms. The lowest BCUT2D eigenvalue weighted by molar-refractivity contribution is 0.476. The van der Waals surface area contributed by atoms with Crippen molar-refractivity contribution in [3.8, 4) is 0 Å². The predicted molar refractivity (Wildman–Crippen MR) is 64.1 cm³/mol. The molecule has 0 radical (unpaired) electrons. The monoisotopic (exact) mass is 215 g/mol. The number of hydrogen-bond donors (Lipinski definition) is 5. The number of hydrogen-bond acceptors (Lipinski definition) is 5. The minimum absolute atomic E-state index is 0.396. The summed E-state index contributed by atoms with van der Waals surface area (Å²) in [4.78, 5) is 0. The summed E-state index contributed by atoms with van der Waals surface area (Å²) in [5, 5.41) is 13.6. The van der Waals surface area contributed by atoms with E-state index in [-0.39, 0.29) is 0 Å². The van der Waals surface area contributed by atoms with Crippen LogP contribution in [0, 0.1) is 0 Å². The molecule has 5 nitrogen and oxygen atoms in total. The van der Waals surface area contributed by atoms with Crippen molar-refractivity contribution in [2.45, 2.75) is 12.5 Å². The topological polar surface area (TPSA) is 74.1 Å². The molecule has 1 rings (SSSR count). The van der Waals surface area contributed by atoms with Gasteiger partial charge in [-0.3, -0.25) is 0 Å². The molecule has 1 fully saturated rings. The molecule has 0 aromatic heterocycles. The zero-order valence-corrected chi connectivity index (χ0v) is 9.52. The molecule has 5 heteroatoms. The Labute approximate surface area is 92.6 Å². The number of nitrogens with two attached hydrogens (primary N) is 1. The van der Waals surface area contributed by atoms with E-state index in [1.54, 1.807) is 0 Å². The normalized spacial score (nSPS) is 27.4. The van der Waals surface area contributed by atoms with Gasteiger partial charge in [0.15, 0.2) is 0 Å². The van der Waals surface area contributed by atoms with Gasteiger partial charge in [-0.1, -0.05) is 0 Å². The van der Waals surface area contributed by atoms with Gasteiger partial charge in [0.2, 0.25) is 0 Å². The zero-order valence-electron chi connectivity index (χ0n) is 9.52. The van der Waals surface area contributed by atoms with Crippen LogP contribution in [0.2, 0.25) is 0 Å². The minimum Gasteiger partial charge on any atom is -0.329 e. The van der Waals surface area contributed by atoms with Crippen LogP contribution in [-0.4, -0.2) is 58.4 Å². The summed E-state index contributed by atoms with van der Waals surface area (Å²) in [6, 6.07) is 0.396. The Hall–Kier alpha value is -0.200. The first kappa shape index (κ1) is 12.9. The maximum atomic E-state index is 5.68. The van der Waals surface area contributed by atoms with Crippen molar-refractivity contribution in [3.05, 3.63) is 0 Å². The largest absolute Gasteiger partial charge is 0.329 e. The molecule has 90 valence electrons. The van der Waals surface area contributed by atoms with Gasteiger partial charge in [-0.05, 0) is 19.5 Å². The van der Waals surface area contributed by atoms with Crippen LogP contribution in [0.1, 0.15) is 6.42 Å². The fourth-order valence-corrected chi connectivity index (χ4v) is 1.64. The Bertz CT molecular complexity index is 128. The maximum Gasteiger partial charge on any atom is 0.0315 e. The summed E-state index contributed by atoms with van der Waals surface area (Å²) in [5.74, 6) is 0. The van der Waals surface area contributed by atoms with Gasteiger partial charge in [-0.25, -0.2) is 0 Å². The van der Waals surface area contributed by atoms with Crippen LogP contribution in [-0.2, 0) is 0 Å². The van der Waals surface area contributed by atoms with Crippen LogP contribution in [0.3, 0.4) is 0 Å². The summed E-state index contributed by atoms with van der Waals surface area (Å²) >= 11 is 0. The average Bonchev–Trinajstić information content (AvgIpc) is 2.29. The molecule has 0 aromatic rings. The molecule has 0 saturated carbocycles. The Morgan fingerprint density at radius 2 is 1.53 bits per heavy atom. The standard InChI is InChI=1S/C10H25N5/c11-8-10-9-14-5-4-12-2-1-3-13-6-7-15-10/h10,12-15H,1-9,11H2. The second-order valence-corrected chi connectivity index (χ2v) is 3.94. The van der Waals surface area contributed by atoms with Gasteiger partial charge in [0.05, 0.1) is 0 Å². The van der Waals surface area contributed by atoms with Crippen molar-refractivity contribution in [3.63, 3.8) is 0 Å². The van der Waals surface area contributed by atoms with E-state index < -0.39 is 0 Å². The summed E-state index contributed by atoms with van der Waals surface area (Å²) < 4.78 is 0. The predicted octanol–water partition coefficient (Wildman–Crippen LogP) is -1.92. The lowest BCUT2D eigenvalue weighted by Crippen LogP contribution is -2.46. The van der Waals surface area contributed by atoms with Crippen LogP contribution in [0.15, 0.2) is 0 Å². The highest BCUT2D eigenvalue weighted by atomic mass is 15.0. The van der Waals surface area contributed by atoms with E-state index in [1.807, 2.05) is 0 Å². The van der Waals surface area contributed by atoms with Gasteiger partial charge in [-0.15, -0.1) is 0 Å². The molecule has 1 aliphatic heterocycles. The van der Waals surface area contributed by atoms with Crippen LogP contribution in [0.4, 0.5) is 0 Å². The van der Waals surface area contributed by atoms with Crippen LogP contribution >= 0.6 is 0 Å². The molecule has 1 unspecified atom stereocenters. The van der Waals surface area contributed by atoms with E-state index in [4.69, 9.17) is 5.73 Å². The van der Waals surface area contributed by atoms with Crippen molar-refractivity contribution in [1.82, 2.24) is 21.3 Å². The molecular weight excluding hydrogens is 190 g/mol. The third kappa shape index (κ3) is 6.81. The van der Waals surface area contributed by atoms with E-state index >= 15 is 0 Å². The van der Waals surface area contributed by atoms with Gasteiger partial charge in [0.1, 0.15) is 0 Å². The minimum atomic E-state index is 0.396. The van der Waals surface area contributed by atoms with E-state index in [0.29, 0.717) is 12.6 Å². The third-order valence-electron chi connectivity index (χ3n) is 2.60. The smallest absolute Gasteiger partial charge is 0.0315 e. The lowest BCUT2D eigenvalue weighted by atomic mass is 10.3. The lowest BCUT2D eigenvalue weighted by Gasteiger charge is -2.17. The molecule has 0 aromatic carbocycles. The highest BCUT2D eigenvalue weighted by Gasteiger charge is 2.04. The highest BCUT2D eigenvalue weighted by Crippen LogP contribution is 1.79. The fourth-order valence-electron chi connectivity index (χ4n) is 1.64. The molecular formula is C10H25N5. The molecule has 1 heterocycles. The van der Waals surface area contributed by atoms with E-state index in [1.165, 1.54) is 6.42 Å². The summed E-state index contributed by atoms with van der Waals surface area (Å²) in [6.07, 6.45) is 1.19. The van der Waals surface area contributed by atoms with Gasteiger partial charge >= 0.3 is 0 Å². The summed E-state index contributed by atoms with van der Waals surface area (Å²) in [5.41, 5.74) is 5.68. The van der Waals surface area contributed by atoms with Crippen molar-refractivity contribution < 1.29 is 0 Å². The highest BCUT2D eigenvalue weighted by molar-refractivity contribution is 4.71. The molecule has 0 bridgehead atoms. The van der Waals surface area contributed by atoms with Crippen molar-refractivity contribution in [2.75, 3.05) is 52.4 Å². The zero-order chi connectivity index (χ0) is 10.8. The van der Waals surface area contributed by atoms with Crippen molar-refractivity contribution >= 4 is 0 Å². The van der Waals surface area contributed by atoms with Gasteiger partial charge in [0.25, 0.3) is 0 Å². The Balaban J connectivity index is 2.17. The van der Waals surface area contributed by atoms with Crippen molar-refractivity contribution in [2.24, 2.45) is 5.73 Å². The first-order valence-electron chi connectivity index (χ1n) is 5.99. The van der Waals surface area contributed by atoms with Crippen LogP contribution in [0.5, 0.6) is 0 Å². The van der Waals surface area contributed by atoms with Crippen LogP contribution in [0.25, 0.3) is 0 Å². The SMILES string of the molecule is NCC1CNCCNCCCNCCN1. The van der Waals surface area contributed by atoms with Crippen LogP contribution < -0.4 is 27.0 Å². The van der Waals surface area contributed by atoms with E-state index in [9.17, 15) is 0 Å². The quantitative estimate of drug-likeness (QED) is 0.352. The average molecular weight is 215 g/mol. The molecule has 0 amide bonds. The maximum absolute atomic E-state index is 5.68. The van der Waals surface area contributed by atoms with Crippen molar-refractivity contribution in [1.29, 1.82) is 0 Å². The molecule has 0 aliphatic carbocycles. The molecule has 0 spiro atoms. The van der Waals surface area contributed by atoms with Gasteiger partial charge in [-0.2, -0.15) is 0 Å². The second kappa shape index (κ2) is 9.06. The Morgan fingerprint density at radius 3 is 2.27 bits per heavy atom. The molecule has 1 saturated heterocycles. The summed E-state index contributed by atoms with van der Waals surface area (Å²) in [7, 11) is 0. The van der Waals surface area contributed by atoms with E-state index in [2.05, 4.69) is 21.3 Å². The first-order valence-corrected chi connectivity index (χ1v) is 5.99. The molecule has 1 aliphatic rings. The van der Waals surface area contributed by atoms with Gasteiger partial charge in [0, 0.05) is 45.3 Å². The third-order valence-corrected chi connectivity index (χ3v) is 2.60. The van der Waals surface area contributed by atoms with Gasteiger partial charge < -0.3 is 27.0 Å². The fraction of sp³-hybridized carbons (Fsp3) is 1.00. The number of nitrogens with one attached hydrogen (secondary N) is 4. The Morgan fingerprint density at radius 1 is 0.867 bits per heavy atom. The first-order chi connectivity index (χ1) is 7.43.